The summed E-state index contributed by atoms with van der Waals surface area (Å²) in [6, 6.07) is 102. The van der Waals surface area contributed by atoms with Gasteiger partial charge >= 0.3 is 0 Å². The van der Waals surface area contributed by atoms with E-state index in [0.29, 0.717) is 0 Å². The van der Waals surface area contributed by atoms with Crippen molar-refractivity contribution >= 4 is 17.1 Å². The Morgan fingerprint density at radius 2 is 0.663 bits per heavy atom. The Balaban J connectivity index is 0.897. The van der Waals surface area contributed by atoms with Gasteiger partial charge in [0.15, 0.2) is 0 Å². The summed E-state index contributed by atoms with van der Waals surface area (Å²) in [6.45, 7) is 16.2. The summed E-state index contributed by atoms with van der Waals surface area (Å²) in [6.07, 6.45) is 0. The Labute approximate surface area is 490 Å². The fraction of sp³-hybridized carbons (Fsp3) is 0.122. The third-order valence-electron chi connectivity index (χ3n) is 18.5. The van der Waals surface area contributed by atoms with Crippen LogP contribution in [0.25, 0.3) is 77.9 Å². The number of anilines is 3. The van der Waals surface area contributed by atoms with E-state index in [1.165, 1.54) is 139 Å². The summed E-state index contributed by atoms with van der Waals surface area (Å²) in [4.78, 5) is 2.51. The van der Waals surface area contributed by atoms with Crippen LogP contribution in [0.1, 0.15) is 89.2 Å². The van der Waals surface area contributed by atoms with E-state index < -0.39 is 0 Å². The third-order valence-corrected chi connectivity index (χ3v) is 18.5. The lowest BCUT2D eigenvalue weighted by Crippen LogP contribution is -2.17. The van der Waals surface area contributed by atoms with Crippen molar-refractivity contribution in [1.29, 1.82) is 0 Å². The van der Waals surface area contributed by atoms with Crippen LogP contribution < -0.4 is 4.90 Å². The van der Waals surface area contributed by atoms with Crippen LogP contribution >= 0.6 is 0 Å². The fourth-order valence-corrected chi connectivity index (χ4v) is 14.3. The summed E-state index contributed by atoms with van der Waals surface area (Å²) in [5, 5.41) is 0. The van der Waals surface area contributed by atoms with E-state index in [2.05, 4.69) is 326 Å². The molecule has 83 heavy (non-hydrogen) atoms. The molecule has 0 bridgehead atoms. The van der Waals surface area contributed by atoms with Crippen molar-refractivity contribution in [1.82, 2.24) is 0 Å². The second-order valence-electron chi connectivity index (χ2n) is 24.1. The molecule has 12 aromatic carbocycles. The van der Waals surface area contributed by atoms with Crippen LogP contribution in [0.5, 0.6) is 0 Å². The Hall–Kier alpha value is -9.56. The minimum atomic E-state index is -0.138. The van der Waals surface area contributed by atoms with Gasteiger partial charge in [-0.3, -0.25) is 0 Å². The van der Waals surface area contributed by atoms with Gasteiger partial charge in [-0.15, -0.1) is 0 Å². The summed E-state index contributed by atoms with van der Waals surface area (Å²) in [7, 11) is 0. The van der Waals surface area contributed by atoms with Crippen molar-refractivity contribution in [2.24, 2.45) is 0 Å². The van der Waals surface area contributed by atoms with E-state index in [1.54, 1.807) is 0 Å². The summed E-state index contributed by atoms with van der Waals surface area (Å²) in [5.41, 5.74) is 33.8. The second-order valence-corrected chi connectivity index (χ2v) is 24.1. The fourth-order valence-electron chi connectivity index (χ4n) is 14.3. The topological polar surface area (TPSA) is 3.24 Å². The molecular formula is C82H67N. The Kier molecular flexibility index (Phi) is 12.7. The predicted octanol–water partition coefficient (Wildman–Crippen LogP) is 22.2. The van der Waals surface area contributed by atoms with Gasteiger partial charge < -0.3 is 4.90 Å². The first kappa shape index (κ1) is 51.6. The van der Waals surface area contributed by atoms with Crippen molar-refractivity contribution in [2.45, 2.75) is 65.2 Å². The number of hydrogen-bond donors (Lipinski definition) is 0. The van der Waals surface area contributed by atoms with Crippen molar-refractivity contribution in [3.8, 4) is 77.9 Å². The highest BCUT2D eigenvalue weighted by Gasteiger charge is 2.39. The maximum Gasteiger partial charge on any atom is 0.0543 e. The molecule has 400 valence electrons. The zero-order valence-corrected chi connectivity index (χ0v) is 48.5. The molecule has 2 aliphatic carbocycles. The molecule has 0 amide bonds. The normalized spacial score (nSPS) is 13.3. The van der Waals surface area contributed by atoms with Gasteiger partial charge in [-0.1, -0.05) is 270 Å². The van der Waals surface area contributed by atoms with Crippen LogP contribution in [-0.4, -0.2) is 0 Å². The van der Waals surface area contributed by atoms with Crippen LogP contribution in [0.4, 0.5) is 17.1 Å². The van der Waals surface area contributed by atoms with Gasteiger partial charge in [0.05, 0.1) is 5.69 Å². The number of rotatable bonds is 11. The summed E-state index contributed by atoms with van der Waals surface area (Å²) >= 11 is 0. The number of nitrogens with zero attached hydrogens (tertiary/aromatic N) is 1. The lowest BCUT2D eigenvalue weighted by atomic mass is 9.74. The quantitative estimate of drug-likeness (QED) is 0.117. The minimum Gasteiger partial charge on any atom is -0.310 e. The van der Waals surface area contributed by atoms with E-state index in [9.17, 15) is 0 Å². The average Bonchev–Trinajstić information content (AvgIpc) is 4.13. The first-order chi connectivity index (χ1) is 40.5. The number of aryl methyl sites for hydroxylation is 3. The maximum absolute atomic E-state index is 2.51. The van der Waals surface area contributed by atoms with E-state index in [1.807, 2.05) is 0 Å². The molecule has 0 saturated carbocycles. The minimum absolute atomic E-state index is 0.119. The van der Waals surface area contributed by atoms with Gasteiger partial charge in [0, 0.05) is 33.7 Å². The summed E-state index contributed by atoms with van der Waals surface area (Å²) < 4.78 is 0. The molecule has 0 fully saturated rings. The lowest BCUT2D eigenvalue weighted by Gasteiger charge is -2.30. The molecule has 0 saturated heterocycles. The van der Waals surface area contributed by atoms with Gasteiger partial charge in [-0.2, -0.15) is 0 Å². The molecule has 0 unspecified atom stereocenters. The van der Waals surface area contributed by atoms with E-state index in [0.717, 1.165) is 11.4 Å². The highest BCUT2D eigenvalue weighted by molar-refractivity contribution is 5.97. The van der Waals surface area contributed by atoms with E-state index >= 15 is 0 Å². The highest BCUT2D eigenvalue weighted by atomic mass is 15.1. The van der Waals surface area contributed by atoms with E-state index in [4.69, 9.17) is 0 Å². The maximum atomic E-state index is 2.51. The first-order valence-corrected chi connectivity index (χ1v) is 29.4. The van der Waals surface area contributed by atoms with Crippen molar-refractivity contribution in [3.63, 3.8) is 0 Å². The van der Waals surface area contributed by atoms with Gasteiger partial charge in [0.2, 0.25) is 0 Å². The monoisotopic (exact) mass is 1070 g/mol. The zero-order valence-electron chi connectivity index (χ0n) is 48.5. The van der Waals surface area contributed by atoms with Crippen LogP contribution in [0.2, 0.25) is 0 Å². The SMILES string of the molecule is Cc1ccccc1-c1ccccc1C(c1ccccc1-c1ccccc1C)c1cccc(-c2ccc(-c3ccc(N(c4ccc5c(c4)C(C)(C)c4ccccc4-5)c4cccc5c4-c4ccccc4C5(C)C)cc3)cc2)c1-c1ccccc1C. The van der Waals surface area contributed by atoms with Gasteiger partial charge in [-0.05, 0) is 179 Å². The Morgan fingerprint density at radius 3 is 1.25 bits per heavy atom. The summed E-state index contributed by atoms with van der Waals surface area (Å²) in [5.74, 6) is -0.119. The largest absolute Gasteiger partial charge is 0.310 e. The smallest absolute Gasteiger partial charge is 0.0543 e. The average molecular weight is 1070 g/mol. The van der Waals surface area contributed by atoms with Crippen molar-refractivity contribution in [3.05, 3.63) is 329 Å². The zero-order chi connectivity index (χ0) is 56.6. The van der Waals surface area contributed by atoms with E-state index in [-0.39, 0.29) is 16.7 Å². The van der Waals surface area contributed by atoms with Crippen LogP contribution in [-0.2, 0) is 10.8 Å². The van der Waals surface area contributed by atoms with Gasteiger partial charge in [-0.25, -0.2) is 0 Å². The Morgan fingerprint density at radius 1 is 0.265 bits per heavy atom. The van der Waals surface area contributed by atoms with Crippen LogP contribution in [0.15, 0.2) is 273 Å². The molecule has 14 rings (SSSR count). The molecule has 0 N–H and O–H groups in total. The van der Waals surface area contributed by atoms with Crippen LogP contribution in [0, 0.1) is 20.8 Å². The second kappa shape index (κ2) is 20.5. The molecule has 1 nitrogen and oxygen atoms in total. The molecule has 1 heteroatoms. The van der Waals surface area contributed by atoms with Crippen LogP contribution in [0.3, 0.4) is 0 Å². The molecule has 0 aliphatic heterocycles. The molecular weight excluding hydrogens is 999 g/mol. The number of hydrogen-bond acceptors (Lipinski definition) is 1. The van der Waals surface area contributed by atoms with Crippen molar-refractivity contribution in [2.75, 3.05) is 4.90 Å². The molecule has 2 aliphatic rings. The molecule has 12 aromatic rings. The number of fused-ring (bicyclic) bond motifs is 6. The molecule has 0 radical (unpaired) electrons. The Bertz CT molecular complexity index is 4380. The standard InChI is InChI=1S/C82H67N/c1-53-24-8-11-27-61(53)65-30-14-16-33-69(65)79(70-34-17-15-31-66(70)62-28-12-9-25-54(62)2)72-37-22-36-64(78(72)63-29-13-10-26-55(63)3)58-44-42-56(43-45-58)57-46-48-59(49-47-57)83(60-50-51-68-67-32-18-20-38-73(67)82(6,7)76(68)52-60)77-41-23-40-75-80(77)71-35-19-21-39-74(71)81(75,4)5/h8-52,79H,1-7H3. The molecule has 0 spiro atoms. The highest BCUT2D eigenvalue weighted by Crippen LogP contribution is 2.56. The lowest BCUT2D eigenvalue weighted by molar-refractivity contribution is 0.660. The number of benzene rings is 12. The molecule has 0 heterocycles. The van der Waals surface area contributed by atoms with Crippen molar-refractivity contribution < 1.29 is 0 Å². The first-order valence-electron chi connectivity index (χ1n) is 29.4. The van der Waals surface area contributed by atoms with Gasteiger partial charge in [0.1, 0.15) is 0 Å². The third kappa shape index (κ3) is 8.60. The van der Waals surface area contributed by atoms with Gasteiger partial charge in [0.25, 0.3) is 0 Å². The molecule has 0 atom stereocenters. The molecule has 0 aromatic heterocycles. The predicted molar refractivity (Wildman–Crippen MR) is 351 cm³/mol.